The van der Waals surface area contributed by atoms with Crippen molar-refractivity contribution in [3.8, 4) is 0 Å². The average Bonchev–Trinajstić information content (AvgIpc) is 2.89. The molecule has 1 amide bonds. The number of fused-ring (bicyclic) bond motifs is 1. The van der Waals surface area contributed by atoms with Gasteiger partial charge in [-0.3, -0.25) is 9.78 Å². The Morgan fingerprint density at radius 2 is 2.14 bits per heavy atom. The van der Waals surface area contributed by atoms with Gasteiger partial charge in [0.15, 0.2) is 0 Å². The molecule has 0 aromatic carbocycles. The number of amides is 1. The zero-order valence-electron chi connectivity index (χ0n) is 13.2. The number of carbonyl (C=O) groups is 1. The first kappa shape index (κ1) is 14.6. The van der Waals surface area contributed by atoms with Crippen molar-refractivity contribution in [1.29, 1.82) is 0 Å². The Morgan fingerprint density at radius 1 is 1.32 bits per heavy atom. The van der Waals surface area contributed by atoms with E-state index in [9.17, 15) is 4.79 Å². The van der Waals surface area contributed by atoms with E-state index in [4.69, 9.17) is 0 Å². The van der Waals surface area contributed by atoms with Crippen LogP contribution in [0.25, 0.3) is 0 Å². The third-order valence-corrected chi connectivity index (χ3v) is 3.82. The summed E-state index contributed by atoms with van der Waals surface area (Å²) < 4.78 is 0. The van der Waals surface area contributed by atoms with E-state index >= 15 is 0 Å². The van der Waals surface area contributed by atoms with Gasteiger partial charge >= 0.3 is 0 Å². The summed E-state index contributed by atoms with van der Waals surface area (Å²) in [6.45, 7) is 7.28. The van der Waals surface area contributed by atoms with Gasteiger partial charge in [-0.25, -0.2) is 9.97 Å². The minimum Gasteiger partial charge on any atom is -0.328 e. The van der Waals surface area contributed by atoms with E-state index in [1.54, 1.807) is 12.3 Å². The van der Waals surface area contributed by atoms with E-state index in [-0.39, 0.29) is 5.91 Å². The summed E-state index contributed by atoms with van der Waals surface area (Å²) in [4.78, 5) is 27.7. The quantitative estimate of drug-likeness (QED) is 0.873. The summed E-state index contributed by atoms with van der Waals surface area (Å²) in [7, 11) is 0. The lowest BCUT2D eigenvalue weighted by atomic mass is 10.1. The van der Waals surface area contributed by atoms with Gasteiger partial charge < -0.3 is 4.90 Å². The van der Waals surface area contributed by atoms with E-state index in [1.165, 1.54) is 0 Å². The first-order valence-corrected chi connectivity index (χ1v) is 7.59. The van der Waals surface area contributed by atoms with Crippen molar-refractivity contribution in [3.05, 3.63) is 52.9 Å². The van der Waals surface area contributed by atoms with Gasteiger partial charge in [0.05, 0.1) is 17.8 Å². The summed E-state index contributed by atoms with van der Waals surface area (Å²) in [5.74, 6) is 1.39. The maximum absolute atomic E-state index is 12.6. The van der Waals surface area contributed by atoms with Gasteiger partial charge in [0.25, 0.3) is 5.91 Å². The van der Waals surface area contributed by atoms with Crippen LogP contribution in [0.3, 0.4) is 0 Å². The highest BCUT2D eigenvalue weighted by molar-refractivity contribution is 5.95. The van der Waals surface area contributed by atoms with Gasteiger partial charge in [0.1, 0.15) is 5.82 Å². The van der Waals surface area contributed by atoms with Crippen molar-refractivity contribution < 1.29 is 4.79 Å². The molecule has 0 N–H and O–H groups in total. The van der Waals surface area contributed by atoms with Crippen LogP contribution in [0.5, 0.6) is 0 Å². The lowest BCUT2D eigenvalue weighted by Gasteiger charge is -2.15. The highest BCUT2D eigenvalue weighted by atomic mass is 16.2. The van der Waals surface area contributed by atoms with Gasteiger partial charge in [-0.05, 0) is 25.0 Å². The lowest BCUT2D eigenvalue weighted by molar-refractivity contribution is 0.0749. The second-order valence-electron chi connectivity index (χ2n) is 6.15. The van der Waals surface area contributed by atoms with Crippen LogP contribution in [0.2, 0.25) is 0 Å². The maximum Gasteiger partial charge on any atom is 0.256 e. The Bertz CT molecular complexity index is 712. The topological polar surface area (TPSA) is 59.0 Å². The second kappa shape index (κ2) is 5.83. The minimum absolute atomic E-state index is 0.00834. The van der Waals surface area contributed by atoms with Gasteiger partial charge in [0.2, 0.25) is 0 Å². The molecule has 0 aliphatic carbocycles. The van der Waals surface area contributed by atoms with Crippen LogP contribution in [-0.4, -0.2) is 25.8 Å². The molecule has 2 aromatic rings. The maximum atomic E-state index is 12.6. The molecule has 2 aromatic heterocycles. The Morgan fingerprint density at radius 3 is 2.86 bits per heavy atom. The molecule has 3 rings (SSSR count). The molecule has 0 saturated heterocycles. The molecule has 114 valence electrons. The summed E-state index contributed by atoms with van der Waals surface area (Å²) in [5.41, 5.74) is 3.43. The fraction of sp³-hybridized carbons (Fsp3) is 0.412. The zero-order chi connectivity index (χ0) is 15.7. The molecular formula is C17H20N4O. The second-order valence-corrected chi connectivity index (χ2v) is 6.15. The lowest BCUT2D eigenvalue weighted by Crippen LogP contribution is -2.26. The van der Waals surface area contributed by atoms with Crippen LogP contribution >= 0.6 is 0 Å². The van der Waals surface area contributed by atoms with Crippen molar-refractivity contribution in [3.63, 3.8) is 0 Å². The van der Waals surface area contributed by atoms with Gasteiger partial charge in [-0.2, -0.15) is 0 Å². The Labute approximate surface area is 130 Å². The molecule has 0 saturated carbocycles. The third kappa shape index (κ3) is 2.84. The number of pyridine rings is 1. The number of carbonyl (C=O) groups excluding carboxylic acids is 1. The number of rotatable bonds is 3. The van der Waals surface area contributed by atoms with Gasteiger partial charge in [-0.15, -0.1) is 0 Å². The number of hydrogen-bond acceptors (Lipinski definition) is 4. The van der Waals surface area contributed by atoms with Crippen LogP contribution in [-0.2, 0) is 19.5 Å². The zero-order valence-corrected chi connectivity index (χ0v) is 13.2. The molecule has 1 aliphatic rings. The fourth-order valence-corrected chi connectivity index (χ4v) is 2.68. The van der Waals surface area contributed by atoms with E-state index in [1.807, 2.05) is 24.1 Å². The molecule has 0 fully saturated rings. The molecule has 5 heteroatoms. The highest BCUT2D eigenvalue weighted by Crippen LogP contribution is 2.23. The van der Waals surface area contributed by atoms with Crippen molar-refractivity contribution in [1.82, 2.24) is 19.9 Å². The van der Waals surface area contributed by atoms with Crippen LogP contribution in [0.1, 0.15) is 47.0 Å². The molecule has 0 radical (unpaired) electrons. The monoisotopic (exact) mass is 296 g/mol. The van der Waals surface area contributed by atoms with E-state index in [2.05, 4.69) is 28.8 Å². The molecule has 0 spiro atoms. The van der Waals surface area contributed by atoms with Crippen LogP contribution in [0.4, 0.5) is 0 Å². The Hall–Kier alpha value is -2.30. The molecule has 0 unspecified atom stereocenters. The highest BCUT2D eigenvalue weighted by Gasteiger charge is 2.27. The standard InChI is InChI=1S/C17H20N4O/c1-11(2)7-16-19-8-13-9-21(10-15(13)20-16)17(22)14-5-4-6-18-12(14)3/h4-6,8,11H,7,9-10H2,1-3H3. The van der Waals surface area contributed by atoms with Crippen molar-refractivity contribution >= 4 is 5.91 Å². The molecule has 3 heterocycles. The van der Waals surface area contributed by atoms with Crippen LogP contribution in [0, 0.1) is 12.8 Å². The average molecular weight is 296 g/mol. The molecule has 5 nitrogen and oxygen atoms in total. The summed E-state index contributed by atoms with van der Waals surface area (Å²) in [5, 5.41) is 0. The summed E-state index contributed by atoms with van der Waals surface area (Å²) >= 11 is 0. The smallest absolute Gasteiger partial charge is 0.256 e. The summed E-state index contributed by atoms with van der Waals surface area (Å²) in [6, 6.07) is 3.62. The number of aromatic nitrogens is 3. The van der Waals surface area contributed by atoms with Crippen LogP contribution < -0.4 is 0 Å². The largest absolute Gasteiger partial charge is 0.328 e. The molecular weight excluding hydrogens is 276 g/mol. The fourth-order valence-electron chi connectivity index (χ4n) is 2.68. The summed E-state index contributed by atoms with van der Waals surface area (Å²) in [6.07, 6.45) is 4.43. The van der Waals surface area contributed by atoms with Crippen molar-refractivity contribution in [2.75, 3.05) is 0 Å². The van der Waals surface area contributed by atoms with Crippen LogP contribution in [0.15, 0.2) is 24.5 Å². The van der Waals surface area contributed by atoms with E-state index < -0.39 is 0 Å². The minimum atomic E-state index is 0.00834. The van der Waals surface area contributed by atoms with Crippen molar-refractivity contribution in [2.24, 2.45) is 5.92 Å². The normalized spacial score (nSPS) is 13.5. The Balaban J connectivity index is 1.79. The SMILES string of the molecule is Cc1ncccc1C(=O)N1Cc2cnc(CC(C)C)nc2C1. The molecule has 22 heavy (non-hydrogen) atoms. The number of aryl methyl sites for hydroxylation is 1. The molecule has 0 atom stereocenters. The van der Waals surface area contributed by atoms with Crippen molar-refractivity contribution in [2.45, 2.75) is 40.3 Å². The first-order valence-electron chi connectivity index (χ1n) is 7.59. The number of nitrogens with zero attached hydrogens (tertiary/aromatic N) is 4. The molecule has 1 aliphatic heterocycles. The first-order chi connectivity index (χ1) is 10.5. The van der Waals surface area contributed by atoms with E-state index in [0.717, 1.165) is 29.2 Å². The molecule has 0 bridgehead atoms. The van der Waals surface area contributed by atoms with E-state index in [0.29, 0.717) is 24.6 Å². The van der Waals surface area contributed by atoms with Gasteiger partial charge in [0, 0.05) is 36.6 Å². The number of hydrogen-bond donors (Lipinski definition) is 0. The predicted molar refractivity (Wildman–Crippen MR) is 83.1 cm³/mol. The van der Waals surface area contributed by atoms with Gasteiger partial charge in [-0.1, -0.05) is 13.8 Å². The predicted octanol–water partition coefficient (Wildman–Crippen LogP) is 2.53. The third-order valence-electron chi connectivity index (χ3n) is 3.82. The Kier molecular flexibility index (Phi) is 3.88.